The van der Waals surface area contributed by atoms with E-state index in [0.717, 1.165) is 11.1 Å². The highest BCUT2D eigenvalue weighted by Gasteiger charge is 2.22. The van der Waals surface area contributed by atoms with Gasteiger partial charge < -0.3 is 25.0 Å². The third-order valence-corrected chi connectivity index (χ3v) is 4.93. The first-order valence-electron chi connectivity index (χ1n) is 10.3. The van der Waals surface area contributed by atoms with Crippen molar-refractivity contribution < 1.29 is 19.4 Å². The van der Waals surface area contributed by atoms with E-state index in [1.165, 1.54) is 24.1 Å². The van der Waals surface area contributed by atoms with E-state index in [1.54, 1.807) is 38.4 Å². The molecule has 1 unspecified atom stereocenters. The number of esters is 1. The van der Waals surface area contributed by atoms with Gasteiger partial charge in [0.25, 0.3) is 5.56 Å². The van der Waals surface area contributed by atoms with E-state index in [-0.39, 0.29) is 24.5 Å². The predicted molar refractivity (Wildman–Crippen MR) is 122 cm³/mol. The molecule has 0 saturated carbocycles. The molecule has 0 radical (unpaired) electrons. The lowest BCUT2D eigenvalue weighted by Crippen LogP contribution is -2.36. The van der Waals surface area contributed by atoms with Crippen molar-refractivity contribution in [2.24, 2.45) is 7.05 Å². The molecule has 0 spiro atoms. The number of nitrogens with one attached hydrogen (secondary N) is 2. The number of ether oxygens (including phenoxy) is 1. The van der Waals surface area contributed by atoms with Crippen LogP contribution in [0.1, 0.15) is 30.5 Å². The number of hydrogen-bond acceptors (Lipinski definition) is 7. The Labute approximate surface area is 190 Å². The molecule has 172 valence electrons. The minimum Gasteiger partial charge on any atom is -0.505 e. The van der Waals surface area contributed by atoms with E-state index in [2.05, 4.69) is 20.6 Å². The lowest BCUT2D eigenvalue weighted by molar-refractivity contribution is -0.143. The molecule has 1 atom stereocenters. The van der Waals surface area contributed by atoms with Crippen molar-refractivity contribution in [1.29, 1.82) is 0 Å². The summed E-state index contributed by atoms with van der Waals surface area (Å²) in [7, 11) is 1.51. The van der Waals surface area contributed by atoms with Crippen molar-refractivity contribution in [3.05, 3.63) is 70.7 Å². The van der Waals surface area contributed by atoms with Gasteiger partial charge >= 0.3 is 12.0 Å². The first-order chi connectivity index (χ1) is 15.8. The average Bonchev–Trinajstić information content (AvgIpc) is 2.81. The van der Waals surface area contributed by atoms with Crippen LogP contribution in [0.15, 0.2) is 54.0 Å². The maximum absolute atomic E-state index is 12.8. The molecule has 3 N–H and O–H groups in total. The van der Waals surface area contributed by atoms with Gasteiger partial charge in [-0.15, -0.1) is 0 Å². The molecule has 33 heavy (non-hydrogen) atoms. The highest BCUT2D eigenvalue weighted by molar-refractivity contribution is 5.91. The Bertz CT molecular complexity index is 1210. The zero-order valence-corrected chi connectivity index (χ0v) is 18.5. The number of carbonyl (C=O) groups is 2. The minimum atomic E-state index is -0.760. The Hall–Kier alpha value is -4.21. The molecular weight excluding hydrogens is 426 g/mol. The molecule has 0 aliphatic heterocycles. The van der Waals surface area contributed by atoms with Crippen molar-refractivity contribution in [3.63, 3.8) is 0 Å². The Morgan fingerprint density at radius 1 is 1.21 bits per heavy atom. The number of rotatable bonds is 7. The van der Waals surface area contributed by atoms with Crippen LogP contribution in [0, 0.1) is 6.92 Å². The fourth-order valence-corrected chi connectivity index (χ4v) is 3.33. The Morgan fingerprint density at radius 2 is 1.94 bits per heavy atom. The molecule has 0 aliphatic carbocycles. The molecule has 2 amide bonds. The fraction of sp³-hybridized carbons (Fsp3) is 0.261. The Balaban J connectivity index is 1.89. The summed E-state index contributed by atoms with van der Waals surface area (Å²) in [5.41, 5.74) is 1.82. The second-order valence-electron chi connectivity index (χ2n) is 7.36. The van der Waals surface area contributed by atoms with Gasteiger partial charge in [0.1, 0.15) is 12.1 Å². The average molecular weight is 451 g/mol. The van der Waals surface area contributed by atoms with Gasteiger partial charge in [-0.1, -0.05) is 18.2 Å². The molecule has 0 saturated heterocycles. The van der Waals surface area contributed by atoms with Crippen molar-refractivity contribution in [3.8, 4) is 16.9 Å². The summed E-state index contributed by atoms with van der Waals surface area (Å²) < 4.78 is 6.31. The van der Waals surface area contributed by atoms with Crippen LogP contribution in [-0.2, 0) is 16.6 Å². The minimum absolute atomic E-state index is 0.131. The van der Waals surface area contributed by atoms with Gasteiger partial charge in [0.15, 0.2) is 5.69 Å². The number of aromatic nitrogens is 3. The lowest BCUT2D eigenvalue weighted by atomic mass is 9.99. The summed E-state index contributed by atoms with van der Waals surface area (Å²) in [4.78, 5) is 45.4. The molecule has 0 fully saturated rings. The van der Waals surface area contributed by atoms with Crippen molar-refractivity contribution in [1.82, 2.24) is 19.9 Å². The molecule has 1 aromatic carbocycles. The van der Waals surface area contributed by atoms with Gasteiger partial charge in [0.05, 0.1) is 19.1 Å². The maximum Gasteiger partial charge on any atom is 0.319 e. The number of amides is 2. The van der Waals surface area contributed by atoms with Gasteiger partial charge in [0.2, 0.25) is 0 Å². The first-order valence-corrected chi connectivity index (χ1v) is 10.3. The number of hydrogen-bond donors (Lipinski definition) is 3. The fourth-order valence-electron chi connectivity index (χ4n) is 3.33. The van der Waals surface area contributed by atoms with Crippen LogP contribution in [0.2, 0.25) is 0 Å². The summed E-state index contributed by atoms with van der Waals surface area (Å²) >= 11 is 0. The number of anilines is 1. The second kappa shape index (κ2) is 10.4. The molecule has 3 aromatic rings. The molecular formula is C23H25N5O5. The van der Waals surface area contributed by atoms with E-state index in [4.69, 9.17) is 4.74 Å². The summed E-state index contributed by atoms with van der Waals surface area (Å²) in [5, 5.41) is 15.3. The number of benzene rings is 1. The van der Waals surface area contributed by atoms with Crippen LogP contribution in [0.5, 0.6) is 5.75 Å². The zero-order chi connectivity index (χ0) is 24.0. The largest absolute Gasteiger partial charge is 0.505 e. The van der Waals surface area contributed by atoms with Crippen LogP contribution < -0.4 is 16.2 Å². The number of nitrogens with zero attached hydrogens (tertiary/aromatic N) is 3. The third kappa shape index (κ3) is 5.73. The van der Waals surface area contributed by atoms with Gasteiger partial charge in [-0.05, 0) is 31.0 Å². The van der Waals surface area contributed by atoms with Crippen LogP contribution in [0.4, 0.5) is 10.5 Å². The third-order valence-electron chi connectivity index (χ3n) is 4.93. The standard InChI is InChI=1S/C23H25N5O5/c1-4-33-19(29)9-18(16-7-5-6-15(8-16)17-10-24-13-25-11-17)26-23(32)27-20-21(30)14(2)12-28(3)22(20)31/h5-8,10-13,18,30H,4,9H2,1-3H3,(H2,26,27,32). The van der Waals surface area contributed by atoms with Gasteiger partial charge in [-0.3, -0.25) is 9.59 Å². The number of carbonyl (C=O) groups excluding carboxylic acids is 2. The summed E-state index contributed by atoms with van der Waals surface area (Å²) in [6, 6.07) is 5.71. The van der Waals surface area contributed by atoms with E-state index in [1.807, 2.05) is 12.1 Å². The molecule has 2 aromatic heterocycles. The summed E-state index contributed by atoms with van der Waals surface area (Å²) in [6.45, 7) is 3.51. The Kier molecular flexibility index (Phi) is 7.39. The molecule has 3 rings (SSSR count). The molecule has 0 bridgehead atoms. The summed E-state index contributed by atoms with van der Waals surface area (Å²) in [5.74, 6) is -0.813. The number of aromatic hydroxyl groups is 1. The van der Waals surface area contributed by atoms with Gasteiger partial charge in [-0.25, -0.2) is 14.8 Å². The second-order valence-corrected chi connectivity index (χ2v) is 7.36. The van der Waals surface area contributed by atoms with E-state index < -0.39 is 23.6 Å². The van der Waals surface area contributed by atoms with Gasteiger partial charge in [0, 0.05) is 36.8 Å². The van der Waals surface area contributed by atoms with Crippen LogP contribution in [0.25, 0.3) is 11.1 Å². The lowest BCUT2D eigenvalue weighted by Gasteiger charge is -2.20. The van der Waals surface area contributed by atoms with Crippen molar-refractivity contribution in [2.75, 3.05) is 11.9 Å². The Morgan fingerprint density at radius 3 is 2.64 bits per heavy atom. The van der Waals surface area contributed by atoms with Crippen LogP contribution in [-0.4, -0.2) is 38.2 Å². The van der Waals surface area contributed by atoms with Crippen molar-refractivity contribution in [2.45, 2.75) is 26.3 Å². The predicted octanol–water partition coefficient (Wildman–Crippen LogP) is 2.67. The summed E-state index contributed by atoms with van der Waals surface area (Å²) in [6.07, 6.45) is 6.07. The quantitative estimate of drug-likeness (QED) is 0.470. The number of pyridine rings is 1. The first kappa shape index (κ1) is 23.5. The van der Waals surface area contributed by atoms with Crippen LogP contribution in [0.3, 0.4) is 0 Å². The van der Waals surface area contributed by atoms with Crippen molar-refractivity contribution >= 4 is 17.7 Å². The molecule has 2 heterocycles. The van der Waals surface area contributed by atoms with Gasteiger partial charge in [-0.2, -0.15) is 0 Å². The molecule has 0 aliphatic rings. The maximum atomic E-state index is 12.8. The molecule has 10 nitrogen and oxygen atoms in total. The molecule has 10 heteroatoms. The normalized spacial score (nSPS) is 11.5. The van der Waals surface area contributed by atoms with E-state index in [9.17, 15) is 19.5 Å². The number of urea groups is 1. The highest BCUT2D eigenvalue weighted by atomic mass is 16.5. The van der Waals surface area contributed by atoms with E-state index >= 15 is 0 Å². The highest BCUT2D eigenvalue weighted by Crippen LogP contribution is 2.26. The SMILES string of the molecule is CCOC(=O)CC(NC(=O)Nc1c(O)c(C)cn(C)c1=O)c1cccc(-c2cncnc2)c1. The number of aryl methyl sites for hydroxylation is 2. The smallest absolute Gasteiger partial charge is 0.319 e. The monoisotopic (exact) mass is 451 g/mol. The zero-order valence-electron chi connectivity index (χ0n) is 18.5. The topological polar surface area (TPSA) is 135 Å². The van der Waals surface area contributed by atoms with Crippen LogP contribution >= 0.6 is 0 Å². The van der Waals surface area contributed by atoms with E-state index in [0.29, 0.717) is 11.1 Å².